The van der Waals surface area contributed by atoms with Crippen LogP contribution in [0.3, 0.4) is 0 Å². The van der Waals surface area contributed by atoms with E-state index in [4.69, 9.17) is 9.47 Å². The molecule has 1 saturated heterocycles. The van der Waals surface area contributed by atoms with Crippen LogP contribution >= 0.6 is 0 Å². The van der Waals surface area contributed by atoms with Gasteiger partial charge in [0.2, 0.25) is 0 Å². The highest BCUT2D eigenvalue weighted by molar-refractivity contribution is 5.89. The van der Waals surface area contributed by atoms with E-state index in [0.29, 0.717) is 18.0 Å². The molecule has 3 rings (SSSR count). The van der Waals surface area contributed by atoms with Crippen molar-refractivity contribution in [3.05, 3.63) is 54.3 Å². The fourth-order valence-corrected chi connectivity index (χ4v) is 2.87. The zero-order valence-electron chi connectivity index (χ0n) is 15.3. The number of aliphatic hydroxyl groups is 1. The zero-order chi connectivity index (χ0) is 19.4. The van der Waals surface area contributed by atoms with Crippen LogP contribution in [0, 0.1) is 5.82 Å². The molecule has 1 heterocycles. The van der Waals surface area contributed by atoms with Gasteiger partial charge in [0, 0.05) is 5.69 Å². The van der Waals surface area contributed by atoms with Crippen molar-refractivity contribution in [3.8, 4) is 11.5 Å². The van der Waals surface area contributed by atoms with Crippen molar-refractivity contribution in [2.75, 3.05) is 18.4 Å². The van der Waals surface area contributed by atoms with Crippen LogP contribution in [0.1, 0.15) is 13.8 Å². The van der Waals surface area contributed by atoms with Crippen LogP contribution in [0.25, 0.3) is 0 Å². The van der Waals surface area contributed by atoms with Gasteiger partial charge < -0.3 is 24.8 Å². The number of rotatable bonds is 5. The Morgan fingerprint density at radius 3 is 2.56 bits per heavy atom. The van der Waals surface area contributed by atoms with Crippen molar-refractivity contribution in [1.29, 1.82) is 0 Å². The lowest BCUT2D eigenvalue weighted by Gasteiger charge is -2.18. The third-order valence-electron chi connectivity index (χ3n) is 4.14. The lowest BCUT2D eigenvalue weighted by molar-refractivity contribution is -0.0393. The molecular formula is C20H23FN2O4. The SMILES string of the molecule is CC(C)O[C@@H]1CN(C(=O)Nc2ccc(Oc3ccccc3F)cc2)C[C@H]1O. The van der Waals surface area contributed by atoms with Gasteiger partial charge in [-0.1, -0.05) is 12.1 Å². The number of carbonyl (C=O) groups is 1. The van der Waals surface area contributed by atoms with Crippen LogP contribution < -0.4 is 10.1 Å². The van der Waals surface area contributed by atoms with Crippen LogP contribution in [0.2, 0.25) is 0 Å². The molecule has 0 spiro atoms. The maximum Gasteiger partial charge on any atom is 0.322 e. The maximum absolute atomic E-state index is 13.6. The zero-order valence-corrected chi connectivity index (χ0v) is 15.3. The molecule has 1 aliphatic heterocycles. The minimum Gasteiger partial charge on any atom is -0.454 e. The van der Waals surface area contributed by atoms with Gasteiger partial charge in [-0.15, -0.1) is 0 Å². The monoisotopic (exact) mass is 374 g/mol. The largest absolute Gasteiger partial charge is 0.454 e. The number of hydrogen-bond acceptors (Lipinski definition) is 4. The first kappa shape index (κ1) is 19.1. The second kappa shape index (κ2) is 8.37. The molecule has 2 aromatic carbocycles. The molecule has 0 unspecified atom stereocenters. The average Bonchev–Trinajstić information content (AvgIpc) is 2.99. The summed E-state index contributed by atoms with van der Waals surface area (Å²) in [6, 6.07) is 12.5. The van der Waals surface area contributed by atoms with Crippen LogP contribution in [-0.4, -0.2) is 47.4 Å². The standard InChI is InChI=1S/C20H23FN2O4/c1-13(2)26-19-12-23(11-17(19)24)20(25)22-14-7-9-15(10-8-14)27-18-6-4-3-5-16(18)21/h3-10,13,17,19,24H,11-12H2,1-2H3,(H,22,25)/t17-,19-/m1/s1. The summed E-state index contributed by atoms with van der Waals surface area (Å²) < 4.78 is 24.7. The topological polar surface area (TPSA) is 71.0 Å². The minimum atomic E-state index is -0.699. The van der Waals surface area contributed by atoms with E-state index in [0.717, 1.165) is 0 Å². The highest BCUT2D eigenvalue weighted by Crippen LogP contribution is 2.25. The van der Waals surface area contributed by atoms with Gasteiger partial charge >= 0.3 is 6.03 Å². The number of ether oxygens (including phenoxy) is 2. The summed E-state index contributed by atoms with van der Waals surface area (Å²) in [5.41, 5.74) is 0.573. The molecule has 7 heteroatoms. The van der Waals surface area contributed by atoms with E-state index in [1.807, 2.05) is 13.8 Å². The van der Waals surface area contributed by atoms with Crippen LogP contribution in [-0.2, 0) is 4.74 Å². The predicted octanol–water partition coefficient (Wildman–Crippen LogP) is 3.62. The quantitative estimate of drug-likeness (QED) is 0.839. The number of halogens is 1. The number of β-amino-alcohol motifs (C(OH)–C–C–N with tert-alkyl or cyclic N) is 1. The van der Waals surface area contributed by atoms with E-state index in [-0.39, 0.29) is 30.5 Å². The number of nitrogens with zero attached hydrogens (tertiary/aromatic N) is 1. The highest BCUT2D eigenvalue weighted by atomic mass is 19.1. The Balaban J connectivity index is 1.57. The van der Waals surface area contributed by atoms with Gasteiger partial charge in [0.15, 0.2) is 11.6 Å². The van der Waals surface area contributed by atoms with Gasteiger partial charge in [0.05, 0.1) is 25.3 Å². The number of urea groups is 1. The van der Waals surface area contributed by atoms with E-state index in [9.17, 15) is 14.3 Å². The van der Waals surface area contributed by atoms with Gasteiger partial charge in [0.1, 0.15) is 11.9 Å². The first-order valence-electron chi connectivity index (χ1n) is 8.84. The Bertz CT molecular complexity index is 782. The van der Waals surface area contributed by atoms with Crippen molar-refractivity contribution < 1.29 is 23.8 Å². The molecule has 0 aliphatic carbocycles. The highest BCUT2D eigenvalue weighted by Gasteiger charge is 2.35. The molecule has 0 radical (unpaired) electrons. The lowest BCUT2D eigenvalue weighted by Crippen LogP contribution is -2.34. The van der Waals surface area contributed by atoms with Crippen molar-refractivity contribution in [2.24, 2.45) is 0 Å². The number of aliphatic hydroxyl groups excluding tert-OH is 1. The van der Waals surface area contributed by atoms with Crippen molar-refractivity contribution in [1.82, 2.24) is 4.90 Å². The summed E-state index contributed by atoms with van der Waals surface area (Å²) in [7, 11) is 0. The summed E-state index contributed by atoms with van der Waals surface area (Å²) >= 11 is 0. The number of anilines is 1. The van der Waals surface area contributed by atoms with Crippen molar-refractivity contribution >= 4 is 11.7 Å². The number of para-hydroxylation sites is 1. The predicted molar refractivity (Wildman–Crippen MR) is 99.5 cm³/mol. The van der Waals surface area contributed by atoms with Gasteiger partial charge in [-0.2, -0.15) is 0 Å². The van der Waals surface area contributed by atoms with Crippen LogP contribution in [0.5, 0.6) is 11.5 Å². The molecule has 144 valence electrons. The Hall–Kier alpha value is -2.64. The summed E-state index contributed by atoms with van der Waals surface area (Å²) in [5.74, 6) is 0.150. The van der Waals surface area contributed by atoms with Crippen LogP contribution in [0.4, 0.5) is 14.9 Å². The summed E-state index contributed by atoms with van der Waals surface area (Å²) in [6.07, 6.45) is -1.10. The first-order valence-corrected chi connectivity index (χ1v) is 8.84. The molecule has 1 aliphatic rings. The lowest BCUT2D eigenvalue weighted by atomic mass is 10.2. The maximum atomic E-state index is 13.6. The number of hydrogen-bond donors (Lipinski definition) is 2. The van der Waals surface area contributed by atoms with E-state index in [2.05, 4.69) is 5.32 Å². The number of benzene rings is 2. The number of amides is 2. The molecule has 0 saturated carbocycles. The summed E-state index contributed by atoms with van der Waals surface area (Å²) in [4.78, 5) is 13.9. The molecule has 0 bridgehead atoms. The van der Waals surface area contributed by atoms with Gasteiger partial charge in [-0.3, -0.25) is 0 Å². The molecule has 27 heavy (non-hydrogen) atoms. The molecular weight excluding hydrogens is 351 g/mol. The molecule has 2 atom stereocenters. The van der Waals surface area contributed by atoms with E-state index in [1.54, 1.807) is 42.5 Å². The molecule has 1 fully saturated rings. The first-order chi connectivity index (χ1) is 12.9. The molecule has 2 N–H and O–H groups in total. The molecule has 2 amide bonds. The molecule has 0 aromatic heterocycles. The van der Waals surface area contributed by atoms with E-state index < -0.39 is 11.9 Å². The number of likely N-dealkylation sites (tertiary alicyclic amines) is 1. The van der Waals surface area contributed by atoms with E-state index in [1.165, 1.54) is 11.0 Å². The average molecular weight is 374 g/mol. The molecule has 2 aromatic rings. The Kier molecular flexibility index (Phi) is 5.93. The number of nitrogens with one attached hydrogen (secondary N) is 1. The third kappa shape index (κ3) is 4.96. The Labute approximate surface area is 157 Å². The summed E-state index contributed by atoms with van der Waals surface area (Å²) in [5, 5.41) is 12.8. The number of carbonyl (C=O) groups excluding carboxylic acids is 1. The smallest absolute Gasteiger partial charge is 0.322 e. The van der Waals surface area contributed by atoms with Gasteiger partial charge in [-0.05, 0) is 50.2 Å². The third-order valence-corrected chi connectivity index (χ3v) is 4.14. The normalized spacial score (nSPS) is 19.4. The Morgan fingerprint density at radius 2 is 1.89 bits per heavy atom. The Morgan fingerprint density at radius 1 is 1.19 bits per heavy atom. The summed E-state index contributed by atoms with van der Waals surface area (Å²) in [6.45, 7) is 4.33. The second-order valence-electron chi connectivity index (χ2n) is 6.68. The van der Waals surface area contributed by atoms with Gasteiger partial charge in [0.25, 0.3) is 0 Å². The van der Waals surface area contributed by atoms with E-state index >= 15 is 0 Å². The fourth-order valence-electron chi connectivity index (χ4n) is 2.87. The fraction of sp³-hybridized carbons (Fsp3) is 0.350. The van der Waals surface area contributed by atoms with Crippen molar-refractivity contribution in [3.63, 3.8) is 0 Å². The van der Waals surface area contributed by atoms with Gasteiger partial charge in [-0.25, -0.2) is 9.18 Å². The molecule has 6 nitrogen and oxygen atoms in total. The second-order valence-corrected chi connectivity index (χ2v) is 6.68. The van der Waals surface area contributed by atoms with Crippen molar-refractivity contribution in [2.45, 2.75) is 32.2 Å². The minimum absolute atomic E-state index is 0.0188. The van der Waals surface area contributed by atoms with Crippen LogP contribution in [0.15, 0.2) is 48.5 Å².